The Morgan fingerprint density at radius 1 is 1.21 bits per heavy atom. The van der Waals surface area contributed by atoms with Gasteiger partial charge < -0.3 is 10.3 Å². The molecule has 0 amide bonds. The van der Waals surface area contributed by atoms with Crippen molar-refractivity contribution >= 4 is 38.5 Å². The van der Waals surface area contributed by atoms with Crippen LogP contribution in [0, 0.1) is 5.21 Å². The van der Waals surface area contributed by atoms with E-state index in [0.717, 1.165) is 5.56 Å². The lowest BCUT2D eigenvalue weighted by Crippen LogP contribution is -3.06. The summed E-state index contributed by atoms with van der Waals surface area (Å²) >= 11 is 11.7. The number of halogens is 2. The van der Waals surface area contributed by atoms with Gasteiger partial charge in [0.05, 0.1) is 10.0 Å². The molecule has 0 spiro atoms. The lowest BCUT2D eigenvalue weighted by atomic mass is 10.0. The van der Waals surface area contributed by atoms with E-state index in [2.05, 4.69) is 0 Å². The third-order valence-corrected chi connectivity index (χ3v) is 4.14. The molecule has 0 saturated carbocycles. The molecule has 1 aromatic rings. The Morgan fingerprint density at radius 2 is 1.95 bits per heavy atom. The molecule has 0 fully saturated rings. The van der Waals surface area contributed by atoms with E-state index >= 15 is 0 Å². The minimum Gasteiger partial charge on any atom is -0.623 e. The molecule has 1 aliphatic heterocycles. The zero-order chi connectivity index (χ0) is 14.0. The maximum atomic E-state index is 11.6. The molecule has 1 atom stereocenters. The van der Waals surface area contributed by atoms with Crippen LogP contribution in [0.1, 0.15) is 5.56 Å². The van der Waals surface area contributed by atoms with Crippen LogP contribution in [-0.2, 0) is 16.7 Å². The third-order valence-electron chi connectivity index (χ3n) is 2.61. The van der Waals surface area contributed by atoms with Crippen LogP contribution in [0.25, 0.3) is 0 Å². The van der Waals surface area contributed by atoms with Gasteiger partial charge in [-0.05, 0) is 29.8 Å². The fourth-order valence-corrected chi connectivity index (χ4v) is 2.67. The second-order valence-corrected chi connectivity index (χ2v) is 5.60. The van der Waals surface area contributed by atoms with Gasteiger partial charge in [0.1, 0.15) is 6.20 Å². The number of hydrogen-bond acceptors (Lipinski definition) is 3. The second kappa shape index (κ2) is 5.90. The zero-order valence-corrected chi connectivity index (χ0v) is 11.9. The van der Waals surface area contributed by atoms with Gasteiger partial charge in [0.25, 0.3) is 15.3 Å². The number of rotatable bonds is 2. The number of hydroxylamine groups is 2. The summed E-state index contributed by atoms with van der Waals surface area (Å²) in [7, 11) is -2.56. The van der Waals surface area contributed by atoms with E-state index in [1.807, 2.05) is 0 Å². The first kappa shape index (κ1) is 14.3. The predicted octanol–water partition coefficient (Wildman–Crippen LogP) is 1.38. The molecule has 2 rings (SSSR count). The van der Waals surface area contributed by atoms with Crippen molar-refractivity contribution in [3.8, 4) is 0 Å². The Balaban J connectivity index is 2.37. The molecular weight excluding hydrogens is 309 g/mol. The van der Waals surface area contributed by atoms with Crippen LogP contribution in [0.15, 0.2) is 42.1 Å². The van der Waals surface area contributed by atoms with Gasteiger partial charge in [-0.1, -0.05) is 29.3 Å². The molecule has 4 nitrogen and oxygen atoms in total. The molecule has 1 N–H and O–H groups in total. The molecular formula is C12H9Cl2NO3S. The Bertz CT molecular complexity index is 700. The molecule has 1 aliphatic rings. The minimum atomic E-state index is -2.56. The van der Waals surface area contributed by atoms with E-state index < -0.39 is 15.4 Å². The first-order valence-corrected chi connectivity index (χ1v) is 7.14. The minimum absolute atomic E-state index is 0.200. The van der Waals surface area contributed by atoms with E-state index in [-0.39, 0.29) is 4.99 Å². The fourth-order valence-electron chi connectivity index (χ4n) is 1.76. The molecule has 0 bridgehead atoms. The monoisotopic (exact) mass is 317 g/mol. The quantitative estimate of drug-likeness (QED) is 0.662. The van der Waals surface area contributed by atoms with Crippen LogP contribution < -0.4 is 5.06 Å². The summed E-state index contributed by atoms with van der Waals surface area (Å²) in [6.45, 7) is 0. The van der Waals surface area contributed by atoms with E-state index in [4.69, 9.17) is 23.2 Å². The molecule has 7 heteroatoms. The molecule has 0 aliphatic carbocycles. The summed E-state index contributed by atoms with van der Waals surface area (Å²) in [4.78, 5) is -0.200. The van der Waals surface area contributed by atoms with Crippen molar-refractivity contribution in [2.75, 3.05) is 0 Å². The van der Waals surface area contributed by atoms with Crippen molar-refractivity contribution in [2.45, 2.75) is 6.42 Å². The van der Waals surface area contributed by atoms with E-state index in [0.29, 0.717) is 22.0 Å². The van der Waals surface area contributed by atoms with Crippen molar-refractivity contribution < 1.29 is 13.5 Å². The van der Waals surface area contributed by atoms with E-state index in [1.54, 1.807) is 24.3 Å². The first-order chi connectivity index (χ1) is 8.99. The van der Waals surface area contributed by atoms with Crippen molar-refractivity contribution in [3.05, 3.63) is 62.9 Å². The van der Waals surface area contributed by atoms with Gasteiger partial charge in [0, 0.05) is 12.0 Å². The third kappa shape index (κ3) is 3.26. The van der Waals surface area contributed by atoms with Crippen molar-refractivity contribution in [1.29, 1.82) is 0 Å². The van der Waals surface area contributed by atoms with E-state index in [1.165, 1.54) is 12.3 Å². The molecule has 19 heavy (non-hydrogen) atoms. The number of quaternary nitrogens is 1. The topological polar surface area (TPSA) is 61.6 Å². The lowest BCUT2D eigenvalue weighted by Gasteiger charge is -2.21. The number of nitrogens with one attached hydrogen (secondary N) is 1. The molecule has 1 heterocycles. The number of benzene rings is 1. The summed E-state index contributed by atoms with van der Waals surface area (Å²) in [6.07, 6.45) is 4.67. The lowest BCUT2D eigenvalue weighted by molar-refractivity contribution is -0.680. The van der Waals surface area contributed by atoms with Gasteiger partial charge in [-0.25, -0.2) is 0 Å². The van der Waals surface area contributed by atoms with E-state index in [9.17, 15) is 13.6 Å². The number of allylic oxidation sites excluding steroid dienone is 2. The average molecular weight is 318 g/mol. The summed E-state index contributed by atoms with van der Waals surface area (Å²) in [5, 5.41) is 11.9. The maximum absolute atomic E-state index is 11.6. The van der Waals surface area contributed by atoms with Crippen molar-refractivity contribution in [1.82, 2.24) is 0 Å². The summed E-state index contributed by atoms with van der Waals surface area (Å²) in [5.41, 5.74) is 1.23. The van der Waals surface area contributed by atoms with Crippen LogP contribution in [-0.4, -0.2) is 13.4 Å². The van der Waals surface area contributed by atoms with Gasteiger partial charge in [0.2, 0.25) is 0 Å². The van der Waals surface area contributed by atoms with Crippen molar-refractivity contribution in [2.24, 2.45) is 0 Å². The maximum Gasteiger partial charge on any atom is 0.277 e. The van der Waals surface area contributed by atoms with Crippen molar-refractivity contribution in [3.63, 3.8) is 0 Å². The van der Waals surface area contributed by atoms with Gasteiger partial charge in [0.15, 0.2) is 0 Å². The van der Waals surface area contributed by atoms with Crippen LogP contribution in [0.5, 0.6) is 0 Å². The van der Waals surface area contributed by atoms with Crippen LogP contribution in [0.2, 0.25) is 10.0 Å². The predicted molar refractivity (Wildman–Crippen MR) is 75.6 cm³/mol. The Morgan fingerprint density at radius 3 is 2.58 bits per heavy atom. The molecule has 100 valence electrons. The van der Waals surface area contributed by atoms with Crippen LogP contribution in [0.3, 0.4) is 0 Å². The molecule has 0 radical (unpaired) electrons. The highest BCUT2D eigenvalue weighted by Gasteiger charge is 2.19. The highest BCUT2D eigenvalue weighted by Crippen LogP contribution is 2.23. The van der Waals surface area contributed by atoms with Gasteiger partial charge >= 0.3 is 0 Å². The Hall–Kier alpha value is -1.11. The molecule has 1 unspecified atom stereocenters. The second-order valence-electron chi connectivity index (χ2n) is 3.90. The normalized spacial score (nSPS) is 18.4. The molecule has 1 aromatic carbocycles. The molecule has 0 saturated heterocycles. The SMILES string of the molecule is O=S(=O)=C1C(Cc2ccc(Cl)c(Cl)c2)=CC=C[NH+]1[O-]. The average Bonchev–Trinajstić information content (AvgIpc) is 2.33. The van der Waals surface area contributed by atoms with Crippen LogP contribution >= 0.6 is 23.2 Å². The Labute approximate surface area is 121 Å². The number of hydrogen-bond donors (Lipinski definition) is 1. The largest absolute Gasteiger partial charge is 0.623 e. The first-order valence-electron chi connectivity index (χ1n) is 5.31. The fraction of sp³-hybridized carbons (Fsp3) is 0.0833. The standard InChI is InChI=1S/C12H9Cl2NO3S/c13-10-4-3-8(7-11(10)14)6-9-2-1-5-15(16)12(9)19(17)18/h1-5,7,15H,6H2. The highest BCUT2D eigenvalue weighted by atomic mass is 35.5. The highest BCUT2D eigenvalue weighted by molar-refractivity contribution is 7.72. The Kier molecular flexibility index (Phi) is 4.44. The summed E-state index contributed by atoms with van der Waals surface area (Å²) < 4.78 is 22.2. The van der Waals surface area contributed by atoms with Gasteiger partial charge in [-0.2, -0.15) is 8.42 Å². The zero-order valence-electron chi connectivity index (χ0n) is 9.56. The summed E-state index contributed by atoms with van der Waals surface area (Å²) in [6, 6.07) is 5.02. The smallest absolute Gasteiger partial charge is 0.277 e. The summed E-state index contributed by atoms with van der Waals surface area (Å²) in [5.74, 6) is 0. The molecule has 0 aromatic heterocycles. The van der Waals surface area contributed by atoms with Crippen LogP contribution in [0.4, 0.5) is 0 Å². The van der Waals surface area contributed by atoms with Gasteiger partial charge in [-0.15, -0.1) is 0 Å². The van der Waals surface area contributed by atoms with Gasteiger partial charge in [-0.3, -0.25) is 0 Å².